The number of rotatable bonds is 3. The monoisotopic (exact) mass is 353 g/mol. The summed E-state index contributed by atoms with van der Waals surface area (Å²) in [6.07, 6.45) is 8.08. The summed E-state index contributed by atoms with van der Waals surface area (Å²) in [5, 5.41) is 2.97. The molecule has 1 aromatic heterocycles. The van der Waals surface area contributed by atoms with Gasteiger partial charge in [-0.25, -0.2) is 14.4 Å². The zero-order chi connectivity index (χ0) is 18.1. The summed E-state index contributed by atoms with van der Waals surface area (Å²) < 4.78 is 13.5. The Morgan fingerprint density at radius 3 is 2.81 bits per heavy atom. The summed E-state index contributed by atoms with van der Waals surface area (Å²) in [5.41, 5.74) is 4.32. The average molecular weight is 353 g/mol. The van der Waals surface area contributed by atoms with Gasteiger partial charge in [-0.3, -0.25) is 4.79 Å². The van der Waals surface area contributed by atoms with Crippen LogP contribution in [0.4, 0.5) is 10.2 Å². The van der Waals surface area contributed by atoms with Crippen LogP contribution in [-0.2, 0) is 17.6 Å². The van der Waals surface area contributed by atoms with Gasteiger partial charge in [-0.15, -0.1) is 0 Å². The standard InChI is InChI=1S/C21H24FN3O/c1-13-21(25-19(26)11-14-5-3-2-4-6-14)24-18-10-7-15-12-16(22)8-9-17(15)20(18)23-13/h8-9,12,14H,2-7,10-11H2,1H3,(H,24,25,26). The third kappa shape index (κ3) is 3.48. The number of hydrogen-bond acceptors (Lipinski definition) is 3. The van der Waals surface area contributed by atoms with Crippen LogP contribution in [0.25, 0.3) is 11.3 Å². The maximum atomic E-state index is 13.5. The van der Waals surface area contributed by atoms with Gasteiger partial charge < -0.3 is 5.32 Å². The number of anilines is 1. The number of nitrogens with zero attached hydrogens (tertiary/aromatic N) is 2. The normalized spacial score (nSPS) is 16.7. The van der Waals surface area contributed by atoms with Gasteiger partial charge in [0.2, 0.25) is 5.91 Å². The molecule has 1 N–H and O–H groups in total. The van der Waals surface area contributed by atoms with E-state index in [2.05, 4.69) is 15.3 Å². The summed E-state index contributed by atoms with van der Waals surface area (Å²) in [4.78, 5) is 21.8. The Bertz CT molecular complexity index is 843. The Labute approximate surface area is 153 Å². The van der Waals surface area contributed by atoms with Crippen molar-refractivity contribution in [3.05, 3.63) is 41.0 Å². The molecule has 1 saturated carbocycles. The van der Waals surface area contributed by atoms with E-state index in [1.165, 1.54) is 25.3 Å². The first-order valence-corrected chi connectivity index (χ1v) is 9.56. The molecule has 1 fully saturated rings. The van der Waals surface area contributed by atoms with Crippen molar-refractivity contribution in [1.29, 1.82) is 0 Å². The lowest BCUT2D eigenvalue weighted by Crippen LogP contribution is -2.21. The van der Waals surface area contributed by atoms with Crippen molar-refractivity contribution in [2.75, 3.05) is 5.32 Å². The van der Waals surface area contributed by atoms with Gasteiger partial charge in [0.1, 0.15) is 5.82 Å². The third-order valence-electron chi connectivity index (χ3n) is 5.55. The lowest BCUT2D eigenvalue weighted by molar-refractivity contribution is -0.117. The predicted octanol–water partition coefficient (Wildman–Crippen LogP) is 4.60. The number of hydrogen-bond donors (Lipinski definition) is 1. The molecular formula is C21H24FN3O. The van der Waals surface area contributed by atoms with Crippen LogP contribution in [0, 0.1) is 18.7 Å². The predicted molar refractivity (Wildman–Crippen MR) is 99.4 cm³/mol. The zero-order valence-corrected chi connectivity index (χ0v) is 15.1. The molecule has 136 valence electrons. The van der Waals surface area contributed by atoms with Gasteiger partial charge >= 0.3 is 0 Å². The van der Waals surface area contributed by atoms with Gasteiger partial charge in [0, 0.05) is 12.0 Å². The maximum Gasteiger partial charge on any atom is 0.225 e. The molecule has 26 heavy (non-hydrogen) atoms. The van der Waals surface area contributed by atoms with Gasteiger partial charge in [0.05, 0.1) is 17.1 Å². The molecule has 2 aromatic rings. The molecule has 2 aliphatic carbocycles. The Kier molecular flexibility index (Phi) is 4.70. The smallest absolute Gasteiger partial charge is 0.225 e. The first-order valence-electron chi connectivity index (χ1n) is 9.56. The zero-order valence-electron chi connectivity index (χ0n) is 15.1. The van der Waals surface area contributed by atoms with Crippen molar-refractivity contribution in [2.24, 2.45) is 5.92 Å². The minimum atomic E-state index is -0.219. The molecule has 0 aliphatic heterocycles. The number of aromatic nitrogens is 2. The topological polar surface area (TPSA) is 54.9 Å². The van der Waals surface area contributed by atoms with E-state index < -0.39 is 0 Å². The molecule has 0 atom stereocenters. The fourth-order valence-electron chi connectivity index (χ4n) is 4.15. The van der Waals surface area contributed by atoms with E-state index in [4.69, 9.17) is 0 Å². The lowest BCUT2D eigenvalue weighted by Gasteiger charge is -2.22. The maximum absolute atomic E-state index is 13.5. The number of amides is 1. The molecule has 2 aliphatic rings. The van der Waals surface area contributed by atoms with Crippen molar-refractivity contribution >= 4 is 11.7 Å². The minimum absolute atomic E-state index is 0.0348. The highest BCUT2D eigenvalue weighted by atomic mass is 19.1. The van der Waals surface area contributed by atoms with E-state index in [1.54, 1.807) is 12.1 Å². The van der Waals surface area contributed by atoms with Crippen LogP contribution >= 0.6 is 0 Å². The van der Waals surface area contributed by atoms with Crippen molar-refractivity contribution in [3.63, 3.8) is 0 Å². The van der Waals surface area contributed by atoms with E-state index >= 15 is 0 Å². The highest BCUT2D eigenvalue weighted by Crippen LogP contribution is 2.33. The number of carbonyl (C=O) groups excluding carboxylic acids is 1. The van der Waals surface area contributed by atoms with Gasteiger partial charge in [0.15, 0.2) is 5.82 Å². The summed E-state index contributed by atoms with van der Waals surface area (Å²) in [5.74, 6) is 0.877. The summed E-state index contributed by atoms with van der Waals surface area (Å²) >= 11 is 0. The molecule has 4 rings (SSSR count). The van der Waals surface area contributed by atoms with Crippen LogP contribution < -0.4 is 5.32 Å². The van der Waals surface area contributed by atoms with Crippen LogP contribution in [-0.4, -0.2) is 15.9 Å². The molecule has 0 unspecified atom stereocenters. The highest BCUT2D eigenvalue weighted by molar-refractivity contribution is 5.90. The fourth-order valence-corrected chi connectivity index (χ4v) is 4.15. The van der Waals surface area contributed by atoms with Crippen molar-refractivity contribution in [1.82, 2.24) is 9.97 Å². The molecule has 1 amide bonds. The second-order valence-corrected chi connectivity index (χ2v) is 7.51. The van der Waals surface area contributed by atoms with Crippen molar-refractivity contribution in [2.45, 2.75) is 58.3 Å². The molecule has 0 spiro atoms. The molecule has 1 aromatic carbocycles. The second-order valence-electron chi connectivity index (χ2n) is 7.51. The van der Waals surface area contributed by atoms with Crippen LogP contribution in [0.15, 0.2) is 18.2 Å². The van der Waals surface area contributed by atoms with Crippen LogP contribution in [0.5, 0.6) is 0 Å². The quantitative estimate of drug-likeness (QED) is 0.877. The molecule has 0 saturated heterocycles. The van der Waals surface area contributed by atoms with Crippen molar-refractivity contribution in [3.8, 4) is 11.3 Å². The molecule has 4 nitrogen and oxygen atoms in total. The minimum Gasteiger partial charge on any atom is -0.309 e. The Morgan fingerprint density at radius 1 is 1.19 bits per heavy atom. The van der Waals surface area contributed by atoms with Crippen LogP contribution in [0.2, 0.25) is 0 Å². The lowest BCUT2D eigenvalue weighted by atomic mass is 9.87. The number of aryl methyl sites for hydroxylation is 3. The van der Waals surface area contributed by atoms with Crippen LogP contribution in [0.1, 0.15) is 55.5 Å². The first kappa shape index (κ1) is 17.1. The Morgan fingerprint density at radius 2 is 2.00 bits per heavy atom. The fraction of sp³-hybridized carbons (Fsp3) is 0.476. The summed E-state index contributed by atoms with van der Waals surface area (Å²) in [7, 11) is 0. The van der Waals surface area contributed by atoms with E-state index in [-0.39, 0.29) is 11.7 Å². The molecule has 0 radical (unpaired) electrons. The van der Waals surface area contributed by atoms with E-state index in [0.717, 1.165) is 41.8 Å². The van der Waals surface area contributed by atoms with Crippen molar-refractivity contribution < 1.29 is 9.18 Å². The molecule has 0 bridgehead atoms. The highest BCUT2D eigenvalue weighted by Gasteiger charge is 2.22. The van der Waals surface area contributed by atoms with Gasteiger partial charge in [-0.05, 0) is 62.3 Å². The number of carbonyl (C=O) groups is 1. The average Bonchev–Trinajstić information content (AvgIpc) is 2.63. The first-order chi connectivity index (χ1) is 12.6. The van der Waals surface area contributed by atoms with E-state index in [9.17, 15) is 9.18 Å². The number of nitrogens with one attached hydrogen (secondary N) is 1. The van der Waals surface area contributed by atoms with Gasteiger partial charge in [-0.1, -0.05) is 19.3 Å². The number of halogens is 1. The van der Waals surface area contributed by atoms with Gasteiger partial charge in [-0.2, -0.15) is 0 Å². The molecule has 5 heteroatoms. The Hall–Kier alpha value is -2.30. The second kappa shape index (κ2) is 7.14. The SMILES string of the molecule is Cc1nc2c(nc1NC(=O)CC1CCCCC1)CCc1cc(F)ccc1-2. The van der Waals surface area contributed by atoms with E-state index in [0.29, 0.717) is 30.3 Å². The number of benzene rings is 1. The van der Waals surface area contributed by atoms with Gasteiger partial charge in [0.25, 0.3) is 0 Å². The third-order valence-corrected chi connectivity index (χ3v) is 5.55. The Balaban J connectivity index is 1.54. The summed E-state index contributed by atoms with van der Waals surface area (Å²) in [6.45, 7) is 1.86. The van der Waals surface area contributed by atoms with Crippen LogP contribution in [0.3, 0.4) is 0 Å². The molecule has 1 heterocycles. The number of fused-ring (bicyclic) bond motifs is 3. The largest absolute Gasteiger partial charge is 0.309 e. The molecular weight excluding hydrogens is 329 g/mol. The van der Waals surface area contributed by atoms with E-state index in [1.807, 2.05) is 6.92 Å². The summed E-state index contributed by atoms with van der Waals surface area (Å²) in [6, 6.07) is 4.82.